The molecule has 0 unspecified atom stereocenters. The molecule has 0 radical (unpaired) electrons. The fourth-order valence-electron chi connectivity index (χ4n) is 1.73. The lowest BCUT2D eigenvalue weighted by molar-refractivity contribution is 0.606. The normalized spacial score (nSPS) is 11.1. The molecular formula is C14H19N3. The molecule has 0 bridgehead atoms. The summed E-state index contributed by atoms with van der Waals surface area (Å²) in [6, 6.07) is 7.97. The first-order valence-corrected chi connectivity index (χ1v) is 6.14. The second-order valence-corrected chi connectivity index (χ2v) is 4.76. The van der Waals surface area contributed by atoms with Crippen LogP contribution < -0.4 is 5.32 Å². The fourth-order valence-corrected chi connectivity index (χ4v) is 1.73. The van der Waals surface area contributed by atoms with Gasteiger partial charge in [-0.3, -0.25) is 0 Å². The molecule has 1 aromatic carbocycles. The van der Waals surface area contributed by atoms with Crippen molar-refractivity contribution < 1.29 is 0 Å². The number of fused-ring (bicyclic) bond motifs is 1. The Morgan fingerprint density at radius 1 is 1.12 bits per heavy atom. The Labute approximate surface area is 102 Å². The number of aryl methyl sites for hydroxylation is 1. The number of anilines is 1. The van der Waals surface area contributed by atoms with Gasteiger partial charge in [0.1, 0.15) is 5.82 Å². The summed E-state index contributed by atoms with van der Waals surface area (Å²) in [6.07, 6.45) is 1.15. The van der Waals surface area contributed by atoms with Crippen LogP contribution >= 0.6 is 0 Å². The van der Waals surface area contributed by atoms with Gasteiger partial charge in [-0.15, -0.1) is 0 Å². The average molecular weight is 229 g/mol. The summed E-state index contributed by atoms with van der Waals surface area (Å²) in [4.78, 5) is 9.15. The summed E-state index contributed by atoms with van der Waals surface area (Å²) in [5.41, 5.74) is 2.87. The summed E-state index contributed by atoms with van der Waals surface area (Å²) in [5, 5.41) is 3.36. The first-order chi connectivity index (χ1) is 8.16. The Bertz CT molecular complexity index is 506. The lowest BCUT2D eigenvalue weighted by Gasteiger charge is -2.10. The van der Waals surface area contributed by atoms with Crippen molar-refractivity contribution in [3.63, 3.8) is 0 Å². The van der Waals surface area contributed by atoms with E-state index in [1.54, 1.807) is 0 Å². The maximum absolute atomic E-state index is 4.60. The van der Waals surface area contributed by atoms with Crippen LogP contribution in [0.4, 0.5) is 5.82 Å². The van der Waals surface area contributed by atoms with Gasteiger partial charge in [0.15, 0.2) is 0 Å². The third-order valence-corrected chi connectivity index (χ3v) is 2.76. The molecule has 0 fully saturated rings. The highest BCUT2D eigenvalue weighted by atomic mass is 15.0. The summed E-state index contributed by atoms with van der Waals surface area (Å²) in [6.45, 7) is 7.39. The number of nitrogens with zero attached hydrogens (tertiary/aromatic N) is 2. The molecule has 0 aliphatic rings. The zero-order valence-corrected chi connectivity index (χ0v) is 10.7. The largest absolute Gasteiger partial charge is 0.369 e. The molecule has 0 atom stereocenters. The molecule has 3 nitrogen and oxygen atoms in total. The minimum atomic E-state index is 0.705. The van der Waals surface area contributed by atoms with E-state index in [2.05, 4.69) is 29.1 Å². The third-order valence-electron chi connectivity index (χ3n) is 2.76. The van der Waals surface area contributed by atoms with Crippen LogP contribution in [0.15, 0.2) is 24.3 Å². The van der Waals surface area contributed by atoms with Crippen molar-refractivity contribution in [1.29, 1.82) is 0 Å². The maximum Gasteiger partial charge on any atom is 0.148 e. The van der Waals surface area contributed by atoms with Crippen molar-refractivity contribution in [2.75, 3.05) is 11.9 Å². The van der Waals surface area contributed by atoms with Crippen LogP contribution in [0.1, 0.15) is 26.0 Å². The number of hydrogen-bond donors (Lipinski definition) is 1. The standard InChI is InChI=1S/C14H19N3/c1-10(2)8-9-15-14-11(3)16-12-6-4-5-7-13(12)17-14/h4-7,10H,8-9H2,1-3H3,(H,15,17). The predicted octanol–water partition coefficient (Wildman–Crippen LogP) is 3.40. The van der Waals surface area contributed by atoms with Gasteiger partial charge in [0.05, 0.1) is 16.7 Å². The van der Waals surface area contributed by atoms with E-state index in [1.807, 2.05) is 31.2 Å². The van der Waals surface area contributed by atoms with Gasteiger partial charge in [-0.1, -0.05) is 26.0 Å². The first kappa shape index (κ1) is 11.8. The molecule has 0 aliphatic carbocycles. The van der Waals surface area contributed by atoms with E-state index in [0.717, 1.165) is 35.5 Å². The van der Waals surface area contributed by atoms with E-state index in [-0.39, 0.29) is 0 Å². The van der Waals surface area contributed by atoms with Crippen LogP contribution in [0, 0.1) is 12.8 Å². The van der Waals surface area contributed by atoms with Gasteiger partial charge in [0.2, 0.25) is 0 Å². The number of para-hydroxylation sites is 2. The van der Waals surface area contributed by atoms with E-state index < -0.39 is 0 Å². The van der Waals surface area contributed by atoms with Gasteiger partial charge in [0.25, 0.3) is 0 Å². The summed E-state index contributed by atoms with van der Waals surface area (Å²) < 4.78 is 0. The summed E-state index contributed by atoms with van der Waals surface area (Å²) in [7, 11) is 0. The number of aromatic nitrogens is 2. The Morgan fingerprint density at radius 2 is 1.76 bits per heavy atom. The molecule has 1 aromatic heterocycles. The molecule has 17 heavy (non-hydrogen) atoms. The van der Waals surface area contributed by atoms with Crippen LogP contribution in [0.2, 0.25) is 0 Å². The maximum atomic E-state index is 4.60. The molecule has 0 saturated carbocycles. The van der Waals surface area contributed by atoms with Gasteiger partial charge in [-0.25, -0.2) is 9.97 Å². The summed E-state index contributed by atoms with van der Waals surface area (Å²) in [5.74, 6) is 1.61. The van der Waals surface area contributed by atoms with E-state index in [1.165, 1.54) is 0 Å². The molecule has 2 rings (SSSR count). The van der Waals surface area contributed by atoms with Crippen molar-refractivity contribution in [3.05, 3.63) is 30.0 Å². The molecule has 0 saturated heterocycles. The Balaban J connectivity index is 2.19. The molecule has 3 heteroatoms. The molecule has 1 N–H and O–H groups in total. The van der Waals surface area contributed by atoms with E-state index >= 15 is 0 Å². The highest BCUT2D eigenvalue weighted by molar-refractivity contribution is 5.76. The lowest BCUT2D eigenvalue weighted by atomic mass is 10.1. The molecule has 1 heterocycles. The smallest absolute Gasteiger partial charge is 0.148 e. The van der Waals surface area contributed by atoms with Gasteiger partial charge < -0.3 is 5.32 Å². The number of rotatable bonds is 4. The Hall–Kier alpha value is -1.64. The zero-order valence-electron chi connectivity index (χ0n) is 10.7. The van der Waals surface area contributed by atoms with E-state index in [4.69, 9.17) is 0 Å². The van der Waals surface area contributed by atoms with Crippen LogP contribution in [0.5, 0.6) is 0 Å². The average Bonchev–Trinajstić information content (AvgIpc) is 2.29. The van der Waals surface area contributed by atoms with Crippen LogP contribution in [0.3, 0.4) is 0 Å². The van der Waals surface area contributed by atoms with Crippen molar-refractivity contribution >= 4 is 16.9 Å². The van der Waals surface area contributed by atoms with Gasteiger partial charge in [0, 0.05) is 6.54 Å². The number of benzene rings is 1. The molecule has 0 spiro atoms. The monoisotopic (exact) mass is 229 g/mol. The van der Waals surface area contributed by atoms with Crippen LogP contribution in [0.25, 0.3) is 11.0 Å². The van der Waals surface area contributed by atoms with Crippen molar-refractivity contribution in [1.82, 2.24) is 9.97 Å². The number of hydrogen-bond acceptors (Lipinski definition) is 3. The SMILES string of the molecule is Cc1nc2ccccc2nc1NCCC(C)C. The highest BCUT2D eigenvalue weighted by Gasteiger charge is 2.04. The predicted molar refractivity (Wildman–Crippen MR) is 72.2 cm³/mol. The minimum absolute atomic E-state index is 0.705. The molecule has 0 aliphatic heterocycles. The van der Waals surface area contributed by atoms with Gasteiger partial charge in [-0.05, 0) is 31.4 Å². The quantitative estimate of drug-likeness (QED) is 0.873. The fraction of sp³-hybridized carbons (Fsp3) is 0.429. The first-order valence-electron chi connectivity index (χ1n) is 6.14. The Morgan fingerprint density at radius 3 is 2.41 bits per heavy atom. The van der Waals surface area contributed by atoms with Gasteiger partial charge >= 0.3 is 0 Å². The van der Waals surface area contributed by atoms with Gasteiger partial charge in [-0.2, -0.15) is 0 Å². The Kier molecular flexibility index (Phi) is 3.57. The van der Waals surface area contributed by atoms with E-state index in [9.17, 15) is 0 Å². The van der Waals surface area contributed by atoms with Crippen LogP contribution in [-0.4, -0.2) is 16.5 Å². The second kappa shape index (κ2) is 5.13. The molecule has 90 valence electrons. The minimum Gasteiger partial charge on any atom is -0.369 e. The third kappa shape index (κ3) is 2.93. The topological polar surface area (TPSA) is 37.8 Å². The van der Waals surface area contributed by atoms with Crippen molar-refractivity contribution in [2.45, 2.75) is 27.2 Å². The van der Waals surface area contributed by atoms with Crippen LogP contribution in [-0.2, 0) is 0 Å². The zero-order chi connectivity index (χ0) is 12.3. The second-order valence-electron chi connectivity index (χ2n) is 4.76. The highest BCUT2D eigenvalue weighted by Crippen LogP contribution is 2.16. The van der Waals surface area contributed by atoms with Crippen molar-refractivity contribution in [3.8, 4) is 0 Å². The van der Waals surface area contributed by atoms with Crippen molar-refractivity contribution in [2.24, 2.45) is 5.92 Å². The molecular weight excluding hydrogens is 210 g/mol. The molecule has 2 aromatic rings. The summed E-state index contributed by atoms with van der Waals surface area (Å²) >= 11 is 0. The lowest BCUT2D eigenvalue weighted by Crippen LogP contribution is -2.08. The van der Waals surface area contributed by atoms with E-state index in [0.29, 0.717) is 5.92 Å². The molecule has 0 amide bonds. The number of nitrogens with one attached hydrogen (secondary N) is 1.